The molecule has 1 atom stereocenters. The first-order valence-electron chi connectivity index (χ1n) is 10.2. The van der Waals surface area contributed by atoms with E-state index in [4.69, 9.17) is 4.74 Å². The fourth-order valence-corrected chi connectivity index (χ4v) is 4.83. The number of amides is 1. The molecule has 1 saturated heterocycles. The summed E-state index contributed by atoms with van der Waals surface area (Å²) >= 11 is 1.31. The van der Waals surface area contributed by atoms with Crippen LogP contribution in [0.1, 0.15) is 28.9 Å². The van der Waals surface area contributed by atoms with Gasteiger partial charge in [-0.2, -0.15) is 5.10 Å². The van der Waals surface area contributed by atoms with Crippen LogP contribution >= 0.6 is 11.3 Å². The zero-order chi connectivity index (χ0) is 21.4. The summed E-state index contributed by atoms with van der Waals surface area (Å²) in [6.07, 6.45) is 3.42. The van der Waals surface area contributed by atoms with E-state index in [1.54, 1.807) is 21.8 Å². The molecule has 0 N–H and O–H groups in total. The fourth-order valence-electron chi connectivity index (χ4n) is 3.84. The van der Waals surface area contributed by atoms with Gasteiger partial charge in [-0.3, -0.25) is 9.69 Å². The number of carbonyl (C=O) groups excluding carboxylic acids is 1. The van der Waals surface area contributed by atoms with Crippen molar-refractivity contribution < 1.29 is 13.9 Å². The number of rotatable bonds is 5. The molecule has 1 unspecified atom stereocenters. The number of nitrogens with zero attached hydrogens (tertiary/aromatic N) is 4. The molecule has 2 aromatic heterocycles. The van der Waals surface area contributed by atoms with Crippen molar-refractivity contribution in [3.8, 4) is 5.69 Å². The van der Waals surface area contributed by atoms with Gasteiger partial charge in [-0.15, -0.1) is 0 Å². The second-order valence-corrected chi connectivity index (χ2v) is 8.56. The Morgan fingerprint density at radius 1 is 1.29 bits per heavy atom. The normalized spacial score (nSPS) is 16.1. The Balaban J connectivity index is 1.53. The molecule has 1 amide bonds. The van der Waals surface area contributed by atoms with Gasteiger partial charge in [0.2, 0.25) is 0 Å². The van der Waals surface area contributed by atoms with Crippen LogP contribution in [0.25, 0.3) is 15.9 Å². The number of para-hydroxylation sites is 1. The van der Waals surface area contributed by atoms with E-state index in [0.717, 1.165) is 24.2 Å². The number of thiazole rings is 1. The van der Waals surface area contributed by atoms with E-state index in [9.17, 15) is 9.18 Å². The molecule has 6 nitrogen and oxygen atoms in total. The lowest BCUT2D eigenvalue weighted by Gasteiger charge is -2.23. The first-order valence-corrected chi connectivity index (χ1v) is 11.0. The van der Waals surface area contributed by atoms with E-state index in [0.29, 0.717) is 34.1 Å². The van der Waals surface area contributed by atoms with Crippen LogP contribution in [0.4, 0.5) is 9.52 Å². The van der Waals surface area contributed by atoms with Gasteiger partial charge in [-0.25, -0.2) is 14.1 Å². The first kappa shape index (κ1) is 19.8. The first-order chi connectivity index (χ1) is 15.1. The summed E-state index contributed by atoms with van der Waals surface area (Å²) in [4.78, 5) is 19.9. The summed E-state index contributed by atoms with van der Waals surface area (Å²) in [5, 5.41) is 4.98. The average molecular weight is 437 g/mol. The highest BCUT2D eigenvalue weighted by atomic mass is 32.1. The van der Waals surface area contributed by atoms with Crippen molar-refractivity contribution in [3.63, 3.8) is 0 Å². The third-order valence-corrected chi connectivity index (χ3v) is 6.51. The van der Waals surface area contributed by atoms with Crippen molar-refractivity contribution >= 4 is 32.6 Å². The highest BCUT2D eigenvalue weighted by Crippen LogP contribution is 2.32. The van der Waals surface area contributed by atoms with Crippen LogP contribution in [-0.2, 0) is 4.74 Å². The quantitative estimate of drug-likeness (QED) is 0.453. The maximum atomic E-state index is 13.7. The van der Waals surface area contributed by atoms with E-state index in [-0.39, 0.29) is 17.8 Å². The fraction of sp³-hybridized carbons (Fsp3) is 0.261. The molecule has 3 heterocycles. The monoisotopic (exact) mass is 436 g/mol. The van der Waals surface area contributed by atoms with Gasteiger partial charge in [0, 0.05) is 6.61 Å². The molecule has 2 aromatic carbocycles. The maximum absolute atomic E-state index is 13.7. The van der Waals surface area contributed by atoms with Crippen LogP contribution in [0.3, 0.4) is 0 Å². The SMILES string of the molecule is Cc1c(C(=O)N(CC2CCCO2)c2nc3ccc(F)cc3s2)cnn1-c1ccccc1. The summed E-state index contributed by atoms with van der Waals surface area (Å²) in [5.74, 6) is -0.505. The highest BCUT2D eigenvalue weighted by molar-refractivity contribution is 7.22. The number of hydrogen-bond acceptors (Lipinski definition) is 5. The summed E-state index contributed by atoms with van der Waals surface area (Å²) in [6, 6.07) is 14.2. The zero-order valence-corrected chi connectivity index (χ0v) is 17.8. The number of hydrogen-bond donors (Lipinski definition) is 0. The van der Waals surface area contributed by atoms with Crippen LogP contribution in [0.15, 0.2) is 54.7 Å². The molecule has 0 bridgehead atoms. The van der Waals surface area contributed by atoms with Gasteiger partial charge in [-0.05, 0) is 50.1 Å². The second kappa shape index (κ2) is 8.20. The minimum atomic E-state index is -0.320. The van der Waals surface area contributed by atoms with Gasteiger partial charge < -0.3 is 4.74 Å². The van der Waals surface area contributed by atoms with Crippen molar-refractivity contribution in [2.24, 2.45) is 0 Å². The van der Waals surface area contributed by atoms with E-state index in [2.05, 4.69) is 10.1 Å². The molecule has 0 radical (unpaired) electrons. The topological polar surface area (TPSA) is 60.3 Å². The van der Waals surface area contributed by atoms with Gasteiger partial charge in [0.1, 0.15) is 5.82 Å². The Labute approximate surface area is 182 Å². The van der Waals surface area contributed by atoms with Crippen molar-refractivity contribution in [3.05, 3.63) is 71.8 Å². The summed E-state index contributed by atoms with van der Waals surface area (Å²) in [6.45, 7) is 2.98. The number of benzene rings is 2. The minimum Gasteiger partial charge on any atom is -0.376 e. The molecule has 0 aliphatic carbocycles. The van der Waals surface area contributed by atoms with E-state index in [1.165, 1.54) is 23.5 Å². The average Bonchev–Trinajstić information content (AvgIpc) is 3.51. The smallest absolute Gasteiger partial charge is 0.263 e. The number of anilines is 1. The predicted octanol–water partition coefficient (Wildman–Crippen LogP) is 4.76. The summed E-state index contributed by atoms with van der Waals surface area (Å²) in [7, 11) is 0. The Bertz CT molecular complexity index is 1230. The Morgan fingerprint density at radius 2 is 2.13 bits per heavy atom. The zero-order valence-electron chi connectivity index (χ0n) is 17.0. The number of ether oxygens (including phenoxy) is 1. The maximum Gasteiger partial charge on any atom is 0.263 e. The number of aromatic nitrogens is 3. The van der Waals surface area contributed by atoms with Gasteiger partial charge in [0.15, 0.2) is 5.13 Å². The van der Waals surface area contributed by atoms with Crippen molar-refractivity contribution in [1.29, 1.82) is 0 Å². The molecule has 0 spiro atoms. The number of halogens is 1. The van der Waals surface area contributed by atoms with Gasteiger partial charge >= 0.3 is 0 Å². The molecule has 31 heavy (non-hydrogen) atoms. The van der Waals surface area contributed by atoms with Crippen LogP contribution in [0, 0.1) is 12.7 Å². The molecule has 158 valence electrons. The second-order valence-electron chi connectivity index (χ2n) is 7.55. The number of fused-ring (bicyclic) bond motifs is 1. The molecular weight excluding hydrogens is 415 g/mol. The standard InChI is InChI=1S/C23H21FN4O2S/c1-15-19(13-25-28(15)17-6-3-2-4-7-17)22(29)27(14-18-8-5-11-30-18)23-26-20-10-9-16(24)12-21(20)31-23/h2-4,6-7,9-10,12-13,18H,5,8,11,14H2,1H3. The summed E-state index contributed by atoms with van der Waals surface area (Å²) in [5.41, 5.74) is 2.82. The van der Waals surface area contributed by atoms with Crippen LogP contribution in [0.2, 0.25) is 0 Å². The van der Waals surface area contributed by atoms with Gasteiger partial charge in [0.05, 0.1) is 46.0 Å². The molecular formula is C23H21FN4O2S. The Hall–Kier alpha value is -3.10. The highest BCUT2D eigenvalue weighted by Gasteiger charge is 2.29. The third-order valence-electron chi connectivity index (χ3n) is 5.47. The lowest BCUT2D eigenvalue weighted by Crippen LogP contribution is -2.37. The van der Waals surface area contributed by atoms with Gasteiger partial charge in [-0.1, -0.05) is 29.5 Å². The molecule has 1 aliphatic rings. The Kier molecular flexibility index (Phi) is 5.25. The van der Waals surface area contributed by atoms with E-state index >= 15 is 0 Å². The lowest BCUT2D eigenvalue weighted by molar-refractivity contribution is 0.0917. The molecule has 1 aliphatic heterocycles. The largest absolute Gasteiger partial charge is 0.376 e. The van der Waals surface area contributed by atoms with Crippen LogP contribution in [-0.4, -0.2) is 39.9 Å². The molecule has 1 fully saturated rings. The Morgan fingerprint density at radius 3 is 2.90 bits per heavy atom. The van der Waals surface area contributed by atoms with E-state index < -0.39 is 0 Å². The minimum absolute atomic E-state index is 0.0443. The van der Waals surface area contributed by atoms with Crippen molar-refractivity contribution in [2.75, 3.05) is 18.1 Å². The molecule has 5 rings (SSSR count). The van der Waals surface area contributed by atoms with Crippen LogP contribution in [0.5, 0.6) is 0 Å². The van der Waals surface area contributed by atoms with E-state index in [1.807, 2.05) is 37.3 Å². The molecule has 8 heteroatoms. The van der Waals surface area contributed by atoms with Crippen LogP contribution < -0.4 is 4.90 Å². The molecule has 4 aromatic rings. The number of carbonyl (C=O) groups is 1. The summed E-state index contributed by atoms with van der Waals surface area (Å²) < 4.78 is 21.9. The predicted molar refractivity (Wildman–Crippen MR) is 119 cm³/mol. The lowest BCUT2D eigenvalue weighted by atomic mass is 10.2. The van der Waals surface area contributed by atoms with Crippen molar-refractivity contribution in [1.82, 2.24) is 14.8 Å². The van der Waals surface area contributed by atoms with Crippen molar-refractivity contribution in [2.45, 2.75) is 25.9 Å². The van der Waals surface area contributed by atoms with Gasteiger partial charge in [0.25, 0.3) is 5.91 Å². The molecule has 0 saturated carbocycles. The third kappa shape index (κ3) is 3.84.